The van der Waals surface area contributed by atoms with E-state index in [9.17, 15) is 4.79 Å². The lowest BCUT2D eigenvalue weighted by molar-refractivity contribution is -0.117. The molecule has 6 heteroatoms. The van der Waals surface area contributed by atoms with Crippen LogP contribution in [0, 0.1) is 5.92 Å². The molecule has 1 atom stereocenters. The van der Waals surface area contributed by atoms with Gasteiger partial charge in [-0.15, -0.1) is 0 Å². The second-order valence-electron chi connectivity index (χ2n) is 6.36. The number of allylic oxidation sites excluding steroid dienone is 1. The molecule has 3 aliphatic rings. The number of benzene rings is 1. The van der Waals surface area contributed by atoms with Gasteiger partial charge in [-0.3, -0.25) is 9.79 Å². The molecule has 5 nitrogen and oxygen atoms in total. The second kappa shape index (κ2) is 6.51. The largest absolute Gasteiger partial charge is 0.493 e. The molecular weight excluding hydrogens is 322 g/mol. The number of nitrogens with one attached hydrogen (secondary N) is 1. The fourth-order valence-corrected chi connectivity index (χ4v) is 4.48. The molecule has 0 radical (unpaired) electrons. The summed E-state index contributed by atoms with van der Waals surface area (Å²) in [7, 11) is 0. The van der Waals surface area contributed by atoms with E-state index >= 15 is 0 Å². The van der Waals surface area contributed by atoms with E-state index in [0.717, 1.165) is 47.5 Å². The van der Waals surface area contributed by atoms with Crippen LogP contribution in [-0.2, 0) is 11.2 Å². The number of thioether (sulfide) groups is 1. The molecule has 3 aliphatic heterocycles. The molecule has 0 aliphatic carbocycles. The molecule has 4 rings (SSSR count). The Bertz CT molecular complexity index is 729. The van der Waals surface area contributed by atoms with Crippen molar-refractivity contribution in [1.29, 1.82) is 0 Å². The number of hydrogen-bond acceptors (Lipinski definition) is 5. The van der Waals surface area contributed by atoms with Crippen LogP contribution < -0.4 is 10.1 Å². The van der Waals surface area contributed by atoms with Crippen LogP contribution in [0.4, 0.5) is 0 Å². The third kappa shape index (κ3) is 2.90. The van der Waals surface area contributed by atoms with Crippen LogP contribution in [0.3, 0.4) is 0 Å². The van der Waals surface area contributed by atoms with Gasteiger partial charge in [0.25, 0.3) is 5.91 Å². The number of aliphatic imine (C=N–C) groups is 1. The minimum absolute atomic E-state index is 0.0213. The van der Waals surface area contributed by atoms with Crippen molar-refractivity contribution in [3.63, 3.8) is 0 Å². The maximum Gasteiger partial charge on any atom is 0.259 e. The van der Waals surface area contributed by atoms with Crippen LogP contribution in [0.1, 0.15) is 18.9 Å². The van der Waals surface area contributed by atoms with Crippen molar-refractivity contribution in [1.82, 2.24) is 10.2 Å². The van der Waals surface area contributed by atoms with Crippen molar-refractivity contribution < 1.29 is 9.53 Å². The fraction of sp³-hybridized carbons (Fsp3) is 0.444. The minimum atomic E-state index is 0.0213. The molecule has 0 saturated heterocycles. The Kier molecular flexibility index (Phi) is 4.22. The number of carbonyl (C=O) groups is 1. The number of hydrogen-bond donors (Lipinski definition) is 1. The van der Waals surface area contributed by atoms with Crippen LogP contribution in [0.25, 0.3) is 0 Å². The summed E-state index contributed by atoms with van der Waals surface area (Å²) < 4.78 is 5.80. The van der Waals surface area contributed by atoms with Gasteiger partial charge in [0.1, 0.15) is 5.75 Å². The molecule has 1 aromatic carbocycles. The van der Waals surface area contributed by atoms with Crippen molar-refractivity contribution in [3.8, 4) is 5.75 Å². The first-order chi connectivity index (χ1) is 11.7. The van der Waals surface area contributed by atoms with E-state index in [4.69, 9.17) is 4.74 Å². The Hall–Kier alpha value is -1.95. The zero-order valence-electron chi connectivity index (χ0n) is 13.7. The minimum Gasteiger partial charge on any atom is -0.493 e. The van der Waals surface area contributed by atoms with E-state index in [1.807, 2.05) is 25.1 Å². The van der Waals surface area contributed by atoms with Gasteiger partial charge < -0.3 is 15.0 Å². The zero-order chi connectivity index (χ0) is 16.5. The molecule has 0 fully saturated rings. The average molecular weight is 343 g/mol. The molecule has 0 saturated carbocycles. The summed E-state index contributed by atoms with van der Waals surface area (Å²) in [5, 5.41) is 4.08. The predicted octanol–water partition coefficient (Wildman–Crippen LogP) is 2.39. The third-order valence-corrected chi connectivity index (χ3v) is 5.97. The lowest BCUT2D eigenvalue weighted by Crippen LogP contribution is -2.31. The van der Waals surface area contributed by atoms with Crippen molar-refractivity contribution in [2.45, 2.75) is 19.8 Å². The number of fused-ring (bicyclic) bond motifs is 2. The van der Waals surface area contributed by atoms with Crippen LogP contribution in [-0.4, -0.2) is 42.2 Å². The summed E-state index contributed by atoms with van der Waals surface area (Å²) in [5.74, 6) is 1.41. The van der Waals surface area contributed by atoms with E-state index in [1.54, 1.807) is 0 Å². The van der Waals surface area contributed by atoms with Gasteiger partial charge in [-0.05, 0) is 49.1 Å². The molecule has 0 aromatic heterocycles. The molecule has 1 amide bonds. The van der Waals surface area contributed by atoms with Gasteiger partial charge >= 0.3 is 0 Å². The maximum atomic E-state index is 12.6. The molecule has 0 spiro atoms. The highest BCUT2D eigenvalue weighted by molar-refractivity contribution is 8.18. The molecule has 3 heterocycles. The number of ether oxygens (including phenoxy) is 1. The SMILES string of the molecule is CC1=C(C(=O)NC[C@@H]2CCOc3ccccc3C2)SC2=NCCN21. The van der Waals surface area contributed by atoms with E-state index < -0.39 is 0 Å². The third-order valence-electron chi connectivity index (χ3n) is 4.75. The van der Waals surface area contributed by atoms with Gasteiger partial charge in [0.15, 0.2) is 5.17 Å². The highest BCUT2D eigenvalue weighted by atomic mass is 32.2. The lowest BCUT2D eigenvalue weighted by Gasteiger charge is -2.15. The Morgan fingerprint density at radius 2 is 2.33 bits per heavy atom. The summed E-state index contributed by atoms with van der Waals surface area (Å²) >= 11 is 1.50. The topological polar surface area (TPSA) is 53.9 Å². The van der Waals surface area contributed by atoms with Gasteiger partial charge in [0, 0.05) is 18.8 Å². The van der Waals surface area contributed by atoms with E-state index in [2.05, 4.69) is 21.3 Å². The van der Waals surface area contributed by atoms with Gasteiger partial charge in [-0.1, -0.05) is 18.2 Å². The highest BCUT2D eigenvalue weighted by Crippen LogP contribution is 2.36. The molecule has 126 valence electrons. The van der Waals surface area contributed by atoms with E-state index in [1.165, 1.54) is 17.3 Å². The number of para-hydroxylation sites is 1. The van der Waals surface area contributed by atoms with Gasteiger partial charge in [0.05, 0.1) is 18.1 Å². The fourth-order valence-electron chi connectivity index (χ4n) is 3.38. The lowest BCUT2D eigenvalue weighted by atomic mass is 9.97. The quantitative estimate of drug-likeness (QED) is 0.916. The zero-order valence-corrected chi connectivity index (χ0v) is 14.6. The molecule has 1 aromatic rings. The molecule has 0 unspecified atom stereocenters. The summed E-state index contributed by atoms with van der Waals surface area (Å²) in [4.78, 5) is 19.9. The van der Waals surface area contributed by atoms with Crippen LogP contribution >= 0.6 is 11.8 Å². The Morgan fingerprint density at radius 3 is 3.21 bits per heavy atom. The Labute approximate surface area is 146 Å². The van der Waals surface area contributed by atoms with Crippen LogP contribution in [0.2, 0.25) is 0 Å². The highest BCUT2D eigenvalue weighted by Gasteiger charge is 2.33. The molecule has 0 bridgehead atoms. The van der Waals surface area contributed by atoms with Crippen molar-refractivity contribution in [3.05, 3.63) is 40.4 Å². The van der Waals surface area contributed by atoms with Gasteiger partial charge in [0.2, 0.25) is 0 Å². The Balaban J connectivity index is 1.38. The normalized spacial score (nSPS) is 22.5. The van der Waals surface area contributed by atoms with E-state index in [0.29, 0.717) is 19.1 Å². The van der Waals surface area contributed by atoms with Crippen LogP contribution in [0.15, 0.2) is 39.9 Å². The number of amidine groups is 1. The standard InChI is InChI=1S/C18H21N3O2S/c1-12-16(24-18-19-7-8-21(12)18)17(22)20-11-13-6-9-23-15-5-3-2-4-14(15)10-13/h2-5,13H,6-11H2,1H3,(H,20,22)/t13-/m1/s1. The molecule has 1 N–H and O–H groups in total. The first-order valence-electron chi connectivity index (χ1n) is 8.42. The van der Waals surface area contributed by atoms with Crippen LogP contribution in [0.5, 0.6) is 5.75 Å². The number of amides is 1. The van der Waals surface area contributed by atoms with E-state index in [-0.39, 0.29) is 5.91 Å². The molecular formula is C18H21N3O2S. The maximum absolute atomic E-state index is 12.6. The van der Waals surface area contributed by atoms with Crippen molar-refractivity contribution in [2.75, 3.05) is 26.2 Å². The summed E-state index contributed by atoms with van der Waals surface area (Å²) in [6.45, 7) is 5.11. The first kappa shape index (κ1) is 15.6. The predicted molar refractivity (Wildman–Crippen MR) is 96.1 cm³/mol. The first-order valence-corrected chi connectivity index (χ1v) is 9.23. The Morgan fingerprint density at radius 1 is 1.46 bits per heavy atom. The number of carbonyl (C=O) groups excluding carboxylic acids is 1. The number of nitrogens with zero attached hydrogens (tertiary/aromatic N) is 2. The molecule has 24 heavy (non-hydrogen) atoms. The second-order valence-corrected chi connectivity index (χ2v) is 7.34. The number of rotatable bonds is 3. The summed E-state index contributed by atoms with van der Waals surface area (Å²) in [5.41, 5.74) is 2.26. The summed E-state index contributed by atoms with van der Waals surface area (Å²) in [6, 6.07) is 8.18. The van der Waals surface area contributed by atoms with Gasteiger partial charge in [-0.2, -0.15) is 0 Å². The average Bonchev–Trinajstić information content (AvgIpc) is 3.09. The van der Waals surface area contributed by atoms with Gasteiger partial charge in [-0.25, -0.2) is 0 Å². The summed E-state index contributed by atoms with van der Waals surface area (Å²) in [6.07, 6.45) is 1.90. The van der Waals surface area contributed by atoms with Crippen molar-refractivity contribution >= 4 is 22.8 Å². The smallest absolute Gasteiger partial charge is 0.259 e. The monoisotopic (exact) mass is 343 g/mol. The van der Waals surface area contributed by atoms with Crippen molar-refractivity contribution in [2.24, 2.45) is 10.9 Å².